The molecule has 7 nitrogen and oxygen atoms in total. The van der Waals surface area contributed by atoms with Crippen LogP contribution in [0.25, 0.3) is 0 Å². The lowest BCUT2D eigenvalue weighted by molar-refractivity contribution is -0.139. The van der Waals surface area contributed by atoms with Gasteiger partial charge in [-0.3, -0.25) is 0 Å². The molecule has 0 saturated carbocycles. The van der Waals surface area contributed by atoms with E-state index in [1.165, 1.54) is 0 Å². The van der Waals surface area contributed by atoms with Gasteiger partial charge in [-0.15, -0.1) is 0 Å². The van der Waals surface area contributed by atoms with Crippen LogP contribution in [0.3, 0.4) is 0 Å². The van der Waals surface area contributed by atoms with Crippen LogP contribution < -0.4 is 10.6 Å². The molecule has 1 unspecified atom stereocenters. The molecule has 3 rings (SSSR count). The summed E-state index contributed by atoms with van der Waals surface area (Å²) >= 11 is 0. The lowest BCUT2D eigenvalue weighted by Crippen LogP contribution is -2.47. The van der Waals surface area contributed by atoms with E-state index in [4.69, 9.17) is 9.47 Å². The van der Waals surface area contributed by atoms with E-state index in [2.05, 4.69) is 10.6 Å². The maximum Gasteiger partial charge on any atom is 0.344 e. The normalized spacial score (nSPS) is 15.8. The number of rotatable bonds is 6. The molecule has 0 aromatic heterocycles. The van der Waals surface area contributed by atoms with Gasteiger partial charge in [0.2, 0.25) is 0 Å². The largest absolute Gasteiger partial charge is 0.463 e. The van der Waals surface area contributed by atoms with Gasteiger partial charge < -0.3 is 20.1 Å². The molecule has 2 aromatic carbocycles. The van der Waals surface area contributed by atoms with Crippen LogP contribution in [0.15, 0.2) is 59.8 Å². The molecule has 1 atom stereocenters. The van der Waals surface area contributed by atoms with Crippen molar-refractivity contribution in [2.45, 2.75) is 13.0 Å². The third kappa shape index (κ3) is 4.45. The second-order valence-corrected chi connectivity index (χ2v) is 6.23. The van der Waals surface area contributed by atoms with Crippen molar-refractivity contribution in [1.29, 1.82) is 0 Å². The van der Waals surface area contributed by atoms with Crippen molar-refractivity contribution < 1.29 is 32.6 Å². The number of benzene rings is 2. The monoisotopic (exact) mass is 416 g/mol. The molecule has 0 saturated heterocycles. The minimum atomic E-state index is -1.27. The molecular formula is C21H18F2N2O5. The van der Waals surface area contributed by atoms with Gasteiger partial charge in [-0.05, 0) is 24.6 Å². The van der Waals surface area contributed by atoms with E-state index in [9.17, 15) is 23.2 Å². The minimum absolute atomic E-state index is 0.0180. The zero-order valence-corrected chi connectivity index (χ0v) is 15.9. The first-order chi connectivity index (χ1) is 14.4. The van der Waals surface area contributed by atoms with Crippen molar-refractivity contribution in [3.63, 3.8) is 0 Å². The average molecular weight is 416 g/mol. The molecule has 1 aliphatic heterocycles. The van der Waals surface area contributed by atoms with E-state index in [1.807, 2.05) is 0 Å². The molecule has 0 aliphatic carbocycles. The third-order valence-corrected chi connectivity index (χ3v) is 4.30. The van der Waals surface area contributed by atoms with Crippen molar-refractivity contribution in [3.8, 4) is 0 Å². The molecule has 30 heavy (non-hydrogen) atoms. The van der Waals surface area contributed by atoms with Gasteiger partial charge in [0.1, 0.15) is 23.8 Å². The summed E-state index contributed by atoms with van der Waals surface area (Å²) in [5, 5.41) is 5.03. The Bertz CT molecular complexity index is 987. The predicted molar refractivity (Wildman–Crippen MR) is 101 cm³/mol. The Balaban J connectivity index is 1.94. The first kappa shape index (κ1) is 21.0. The summed E-state index contributed by atoms with van der Waals surface area (Å²) in [4.78, 5) is 36.9. The fourth-order valence-corrected chi connectivity index (χ4v) is 2.98. The van der Waals surface area contributed by atoms with Gasteiger partial charge in [-0.25, -0.2) is 23.2 Å². The average Bonchev–Trinajstić information content (AvgIpc) is 2.72. The van der Waals surface area contributed by atoms with Crippen molar-refractivity contribution >= 4 is 18.0 Å². The second kappa shape index (κ2) is 9.17. The van der Waals surface area contributed by atoms with Crippen molar-refractivity contribution in [2.75, 3.05) is 13.2 Å². The Morgan fingerprint density at radius 1 is 0.967 bits per heavy atom. The maximum atomic E-state index is 13.8. The van der Waals surface area contributed by atoms with Gasteiger partial charge >= 0.3 is 18.0 Å². The van der Waals surface area contributed by atoms with Crippen molar-refractivity contribution in [3.05, 3.63) is 82.6 Å². The molecule has 2 aromatic rings. The van der Waals surface area contributed by atoms with Crippen LogP contribution in [0, 0.1) is 11.6 Å². The fraction of sp³-hybridized carbons (Fsp3) is 0.190. The number of carbonyl (C=O) groups excluding carboxylic acids is 3. The predicted octanol–water partition coefficient (Wildman–Crippen LogP) is 2.99. The van der Waals surface area contributed by atoms with Crippen molar-refractivity contribution in [1.82, 2.24) is 10.6 Å². The summed E-state index contributed by atoms with van der Waals surface area (Å²) in [6.45, 7) is 1.09. The lowest BCUT2D eigenvalue weighted by Gasteiger charge is -2.29. The molecule has 2 N–H and O–H groups in total. The zero-order chi connectivity index (χ0) is 21.7. The summed E-state index contributed by atoms with van der Waals surface area (Å²) in [6.07, 6.45) is 0. The smallest absolute Gasteiger partial charge is 0.344 e. The fourth-order valence-electron chi connectivity index (χ4n) is 2.98. The summed E-state index contributed by atoms with van der Waals surface area (Å²) < 4.78 is 37.7. The number of carbonyl (C=O) groups is 3. The summed E-state index contributed by atoms with van der Waals surface area (Å²) in [7, 11) is 0. The first-order valence-corrected chi connectivity index (χ1v) is 9.06. The number of esters is 2. The van der Waals surface area contributed by atoms with Crippen LogP contribution >= 0.6 is 0 Å². The van der Waals surface area contributed by atoms with E-state index < -0.39 is 47.8 Å². The standard InChI is InChI=1S/C21H18F2N2O5/c1-2-29-20(27)17-15(11-30-19(26)16-13(22)9-6-10-14(16)23)24-21(28)25-18(17)12-7-4-3-5-8-12/h3-10,18H,2,11H2,1H3,(H2,24,25,28). The Hall–Kier alpha value is -3.75. The minimum Gasteiger partial charge on any atom is -0.463 e. The Kier molecular flexibility index (Phi) is 6.41. The van der Waals surface area contributed by atoms with Crippen LogP contribution in [0.2, 0.25) is 0 Å². The molecule has 1 heterocycles. The number of ether oxygens (including phenoxy) is 2. The lowest BCUT2D eigenvalue weighted by atomic mass is 9.95. The van der Waals surface area contributed by atoms with E-state index in [-0.39, 0.29) is 17.9 Å². The van der Waals surface area contributed by atoms with Crippen LogP contribution in [-0.2, 0) is 14.3 Å². The van der Waals surface area contributed by atoms with Crippen molar-refractivity contribution in [2.24, 2.45) is 0 Å². The molecule has 0 spiro atoms. The highest BCUT2D eigenvalue weighted by Gasteiger charge is 2.34. The van der Waals surface area contributed by atoms with Crippen LogP contribution in [0.4, 0.5) is 13.6 Å². The number of hydrogen-bond donors (Lipinski definition) is 2. The molecule has 1 aliphatic rings. The molecule has 0 bridgehead atoms. The topological polar surface area (TPSA) is 93.7 Å². The van der Waals surface area contributed by atoms with E-state index in [0.29, 0.717) is 5.56 Å². The van der Waals surface area contributed by atoms with Gasteiger partial charge in [-0.1, -0.05) is 36.4 Å². The molecule has 2 amide bonds. The number of halogens is 2. The van der Waals surface area contributed by atoms with Gasteiger partial charge in [0.25, 0.3) is 0 Å². The zero-order valence-electron chi connectivity index (χ0n) is 15.9. The third-order valence-electron chi connectivity index (χ3n) is 4.30. The maximum absolute atomic E-state index is 13.8. The van der Waals surface area contributed by atoms with Crippen LogP contribution in [-0.4, -0.2) is 31.2 Å². The molecule has 0 fully saturated rings. The number of hydrogen-bond acceptors (Lipinski definition) is 5. The Morgan fingerprint density at radius 2 is 1.63 bits per heavy atom. The Labute approximate surface area is 170 Å². The van der Waals surface area contributed by atoms with Gasteiger partial charge in [0.05, 0.1) is 23.9 Å². The highest BCUT2D eigenvalue weighted by molar-refractivity contribution is 5.95. The first-order valence-electron chi connectivity index (χ1n) is 9.06. The highest BCUT2D eigenvalue weighted by atomic mass is 19.1. The SMILES string of the molecule is CCOC(=O)C1=C(COC(=O)c2c(F)cccc2F)NC(=O)NC1c1ccccc1. The summed E-state index contributed by atoms with van der Waals surface area (Å²) in [5.74, 6) is -4.18. The molecule has 9 heteroatoms. The van der Waals surface area contributed by atoms with E-state index in [0.717, 1.165) is 18.2 Å². The summed E-state index contributed by atoms with van der Waals surface area (Å²) in [6, 6.07) is 10.1. The van der Waals surface area contributed by atoms with E-state index in [1.54, 1.807) is 37.3 Å². The van der Waals surface area contributed by atoms with Gasteiger partial charge in [0.15, 0.2) is 0 Å². The van der Waals surface area contributed by atoms with E-state index >= 15 is 0 Å². The second-order valence-electron chi connectivity index (χ2n) is 6.23. The quantitative estimate of drug-likeness (QED) is 0.707. The van der Waals surface area contributed by atoms with Crippen LogP contribution in [0.5, 0.6) is 0 Å². The number of amides is 2. The van der Waals surface area contributed by atoms with Gasteiger partial charge in [-0.2, -0.15) is 0 Å². The highest BCUT2D eigenvalue weighted by Crippen LogP contribution is 2.28. The Morgan fingerprint density at radius 3 is 2.27 bits per heavy atom. The summed E-state index contributed by atoms with van der Waals surface area (Å²) in [5.41, 5.74) is -0.296. The number of nitrogens with one attached hydrogen (secondary N) is 2. The van der Waals surface area contributed by atoms with Gasteiger partial charge in [0, 0.05) is 0 Å². The number of urea groups is 1. The molecule has 0 radical (unpaired) electrons. The molecular weight excluding hydrogens is 398 g/mol. The molecule has 156 valence electrons. The van der Waals surface area contributed by atoms with Crippen LogP contribution in [0.1, 0.15) is 28.9 Å².